The summed E-state index contributed by atoms with van der Waals surface area (Å²) in [4.78, 5) is 0. The molecule has 0 spiro atoms. The van der Waals surface area contributed by atoms with Crippen LogP contribution in [-0.2, 0) is 17.8 Å². The van der Waals surface area contributed by atoms with Crippen molar-refractivity contribution >= 4 is 23.4 Å². The van der Waals surface area contributed by atoms with E-state index in [0.29, 0.717) is 39.4 Å². The largest absolute Gasteiger partial charge is 0.484 e. The number of rotatable bonds is 7. The topological polar surface area (TPSA) is 87.1 Å². The zero-order valence-corrected chi connectivity index (χ0v) is 18.9. The van der Waals surface area contributed by atoms with E-state index in [4.69, 9.17) is 25.2 Å². The lowest BCUT2D eigenvalue weighted by molar-refractivity contribution is 0.252. The van der Waals surface area contributed by atoms with Gasteiger partial charge in [-0.25, -0.2) is 0 Å². The van der Waals surface area contributed by atoms with Crippen LogP contribution in [0.1, 0.15) is 38.1 Å². The Balaban J connectivity index is 1.31. The minimum absolute atomic E-state index is 0.0952. The number of hydrogen-bond acceptors (Lipinski definition) is 8. The van der Waals surface area contributed by atoms with E-state index >= 15 is 0 Å². The first-order valence-corrected chi connectivity index (χ1v) is 11.0. The summed E-state index contributed by atoms with van der Waals surface area (Å²) in [5.41, 5.74) is 2.23. The molecular formula is C22H21ClN4O3S. The maximum Gasteiger partial charge on any atom is 0.277 e. The molecule has 0 unspecified atom stereocenters. The lowest BCUT2D eigenvalue weighted by Crippen LogP contribution is -2.10. The summed E-state index contributed by atoms with van der Waals surface area (Å²) in [6.07, 6.45) is 0. The molecule has 0 saturated heterocycles. The zero-order valence-electron chi connectivity index (χ0n) is 17.3. The second-order valence-corrected chi connectivity index (χ2v) is 9.18. The van der Waals surface area contributed by atoms with Crippen molar-refractivity contribution in [2.75, 3.05) is 0 Å². The van der Waals surface area contributed by atoms with Crippen LogP contribution in [0.5, 0.6) is 5.75 Å². The summed E-state index contributed by atoms with van der Waals surface area (Å²) in [5, 5.41) is 17.3. The maximum absolute atomic E-state index is 5.86. The first-order chi connectivity index (χ1) is 14.9. The van der Waals surface area contributed by atoms with E-state index in [9.17, 15) is 0 Å². The van der Waals surface area contributed by atoms with E-state index < -0.39 is 0 Å². The van der Waals surface area contributed by atoms with Gasteiger partial charge in [-0.2, -0.15) is 0 Å². The molecule has 2 aromatic heterocycles. The molecule has 0 radical (unpaired) electrons. The van der Waals surface area contributed by atoms with Gasteiger partial charge in [-0.3, -0.25) is 0 Å². The second-order valence-electron chi connectivity index (χ2n) is 7.82. The maximum atomic E-state index is 5.86. The minimum atomic E-state index is 0.0952. The number of benzene rings is 2. The summed E-state index contributed by atoms with van der Waals surface area (Å²) in [7, 11) is 0. The van der Waals surface area contributed by atoms with Crippen LogP contribution in [0.15, 0.2) is 62.6 Å². The highest BCUT2D eigenvalue weighted by Gasteiger charge is 2.15. The molecular weight excluding hydrogens is 436 g/mol. The Labute approximate surface area is 189 Å². The predicted octanol–water partition coefficient (Wildman–Crippen LogP) is 5.94. The third-order valence-corrected chi connectivity index (χ3v) is 5.46. The smallest absolute Gasteiger partial charge is 0.277 e. The molecule has 0 bridgehead atoms. The van der Waals surface area contributed by atoms with Crippen LogP contribution in [0.4, 0.5) is 0 Å². The highest BCUT2D eigenvalue weighted by Crippen LogP contribution is 2.27. The van der Waals surface area contributed by atoms with Crippen LogP contribution in [0.3, 0.4) is 0 Å². The fourth-order valence-corrected chi connectivity index (χ4v) is 3.44. The van der Waals surface area contributed by atoms with Crippen LogP contribution >= 0.6 is 23.4 Å². The molecule has 0 aliphatic carbocycles. The molecule has 160 valence electrons. The second kappa shape index (κ2) is 9.11. The van der Waals surface area contributed by atoms with E-state index in [0.717, 1.165) is 5.56 Å². The Morgan fingerprint density at radius 1 is 0.871 bits per heavy atom. The zero-order chi connectivity index (χ0) is 21.8. The highest BCUT2D eigenvalue weighted by atomic mass is 35.5. The average Bonchev–Trinajstić information content (AvgIpc) is 3.41. The van der Waals surface area contributed by atoms with Crippen molar-refractivity contribution in [2.45, 2.75) is 43.8 Å². The molecule has 2 aromatic carbocycles. The van der Waals surface area contributed by atoms with Gasteiger partial charge in [0.1, 0.15) is 5.75 Å². The number of nitrogens with zero attached hydrogens (tertiary/aromatic N) is 4. The lowest BCUT2D eigenvalue weighted by atomic mass is 9.87. The summed E-state index contributed by atoms with van der Waals surface area (Å²) < 4.78 is 17.0. The number of halogens is 1. The van der Waals surface area contributed by atoms with Crippen molar-refractivity contribution in [3.8, 4) is 17.2 Å². The van der Waals surface area contributed by atoms with Gasteiger partial charge in [0, 0.05) is 10.6 Å². The van der Waals surface area contributed by atoms with Crippen molar-refractivity contribution < 1.29 is 13.6 Å². The molecule has 2 heterocycles. The molecule has 31 heavy (non-hydrogen) atoms. The number of aromatic nitrogens is 4. The minimum Gasteiger partial charge on any atom is -0.484 e. The van der Waals surface area contributed by atoms with Crippen molar-refractivity contribution in [3.05, 3.63) is 70.9 Å². The van der Waals surface area contributed by atoms with Crippen LogP contribution < -0.4 is 4.74 Å². The van der Waals surface area contributed by atoms with E-state index in [2.05, 4.69) is 53.3 Å². The molecule has 4 rings (SSSR count). The normalized spacial score (nSPS) is 11.6. The fourth-order valence-electron chi connectivity index (χ4n) is 2.70. The molecule has 0 aliphatic rings. The van der Waals surface area contributed by atoms with Gasteiger partial charge in [-0.05, 0) is 47.4 Å². The third-order valence-electron chi connectivity index (χ3n) is 4.41. The standard InChI is InChI=1S/C22H21ClN4O3S/c1-22(2,3)15-6-4-14(5-7-15)20-26-25-19(29-20)13-31-21-27-24-18(30-21)12-28-17-10-8-16(23)9-11-17/h4-11H,12-13H2,1-3H3. The van der Waals surface area contributed by atoms with E-state index in [1.54, 1.807) is 24.3 Å². The van der Waals surface area contributed by atoms with E-state index in [-0.39, 0.29) is 12.0 Å². The van der Waals surface area contributed by atoms with Gasteiger partial charge < -0.3 is 13.6 Å². The highest BCUT2D eigenvalue weighted by molar-refractivity contribution is 7.98. The van der Waals surface area contributed by atoms with Gasteiger partial charge >= 0.3 is 0 Å². The summed E-state index contributed by atoms with van der Waals surface area (Å²) in [6.45, 7) is 6.70. The van der Waals surface area contributed by atoms with Gasteiger partial charge in [-0.1, -0.05) is 56.3 Å². The van der Waals surface area contributed by atoms with Crippen LogP contribution in [-0.4, -0.2) is 20.4 Å². The SMILES string of the molecule is CC(C)(C)c1ccc(-c2nnc(CSc3nnc(COc4ccc(Cl)cc4)o3)o2)cc1. The molecule has 0 N–H and O–H groups in total. The van der Waals surface area contributed by atoms with Crippen LogP contribution in [0, 0.1) is 0 Å². The van der Waals surface area contributed by atoms with Gasteiger partial charge in [0.15, 0.2) is 6.61 Å². The average molecular weight is 457 g/mol. The first kappa shape index (κ1) is 21.4. The molecule has 4 aromatic rings. The van der Waals surface area contributed by atoms with E-state index in [1.165, 1.54) is 17.3 Å². The van der Waals surface area contributed by atoms with Gasteiger partial charge in [-0.15, -0.1) is 20.4 Å². The quantitative estimate of drug-likeness (QED) is 0.315. The summed E-state index contributed by atoms with van der Waals surface area (Å²) in [5.74, 6) is 2.44. The number of hydrogen-bond donors (Lipinski definition) is 0. The van der Waals surface area contributed by atoms with Gasteiger partial charge in [0.05, 0.1) is 5.75 Å². The Hall–Kier alpha value is -2.84. The molecule has 0 aliphatic heterocycles. The Morgan fingerprint density at radius 2 is 1.58 bits per heavy atom. The molecule has 9 heteroatoms. The Bertz CT molecular complexity index is 1130. The lowest BCUT2D eigenvalue weighted by Gasteiger charge is -2.18. The predicted molar refractivity (Wildman–Crippen MR) is 118 cm³/mol. The summed E-state index contributed by atoms with van der Waals surface area (Å²) in [6, 6.07) is 15.2. The molecule has 0 atom stereocenters. The molecule has 0 amide bonds. The van der Waals surface area contributed by atoms with Gasteiger partial charge in [0.25, 0.3) is 11.1 Å². The third kappa shape index (κ3) is 5.65. The molecule has 7 nitrogen and oxygen atoms in total. The van der Waals surface area contributed by atoms with Crippen LogP contribution in [0.2, 0.25) is 5.02 Å². The number of ether oxygens (including phenoxy) is 1. The van der Waals surface area contributed by atoms with Crippen molar-refractivity contribution in [3.63, 3.8) is 0 Å². The van der Waals surface area contributed by atoms with Crippen molar-refractivity contribution in [2.24, 2.45) is 0 Å². The first-order valence-electron chi connectivity index (χ1n) is 9.64. The van der Waals surface area contributed by atoms with Gasteiger partial charge in [0.2, 0.25) is 11.8 Å². The molecule has 0 saturated carbocycles. The number of thioether (sulfide) groups is 1. The Kier molecular flexibility index (Phi) is 6.29. The molecule has 0 fully saturated rings. The fraction of sp³-hybridized carbons (Fsp3) is 0.273. The van der Waals surface area contributed by atoms with E-state index in [1.807, 2.05) is 12.1 Å². The van der Waals surface area contributed by atoms with Crippen molar-refractivity contribution in [1.29, 1.82) is 0 Å². The monoisotopic (exact) mass is 456 g/mol. The van der Waals surface area contributed by atoms with Crippen molar-refractivity contribution in [1.82, 2.24) is 20.4 Å². The Morgan fingerprint density at radius 3 is 2.29 bits per heavy atom. The van der Waals surface area contributed by atoms with Crippen LogP contribution in [0.25, 0.3) is 11.5 Å². The summed E-state index contributed by atoms with van der Waals surface area (Å²) >= 11 is 7.18.